The van der Waals surface area contributed by atoms with Crippen molar-refractivity contribution in [1.29, 1.82) is 0 Å². The summed E-state index contributed by atoms with van der Waals surface area (Å²) < 4.78 is 1.99. The molecule has 4 aromatic rings. The maximum atomic E-state index is 13.0. The molecule has 4 heterocycles. The molecule has 0 radical (unpaired) electrons. The molecule has 34 heavy (non-hydrogen) atoms. The van der Waals surface area contributed by atoms with E-state index in [1.807, 2.05) is 45.5 Å². The highest BCUT2D eigenvalue weighted by atomic mass is 32.1. The van der Waals surface area contributed by atoms with Gasteiger partial charge < -0.3 is 4.90 Å². The number of carbonyl (C=O) groups excluding carboxylic acids is 1. The van der Waals surface area contributed by atoms with Gasteiger partial charge in [0.1, 0.15) is 0 Å². The first kappa shape index (κ1) is 22.7. The van der Waals surface area contributed by atoms with E-state index in [1.165, 1.54) is 11.1 Å². The molecule has 7 heteroatoms. The van der Waals surface area contributed by atoms with Crippen LogP contribution in [0.4, 0.5) is 0 Å². The lowest BCUT2D eigenvalue weighted by Crippen LogP contribution is -2.46. The van der Waals surface area contributed by atoms with E-state index in [0.29, 0.717) is 18.4 Å². The summed E-state index contributed by atoms with van der Waals surface area (Å²) >= 11 is 1.60. The van der Waals surface area contributed by atoms with Gasteiger partial charge in [-0.1, -0.05) is 36.4 Å². The summed E-state index contributed by atoms with van der Waals surface area (Å²) in [4.78, 5) is 27.3. The minimum atomic E-state index is 0.188. The van der Waals surface area contributed by atoms with Crippen LogP contribution in [0.15, 0.2) is 72.6 Å². The smallest absolute Gasteiger partial charge is 0.228 e. The van der Waals surface area contributed by atoms with E-state index in [-0.39, 0.29) is 5.91 Å². The van der Waals surface area contributed by atoms with Crippen LogP contribution < -0.4 is 0 Å². The van der Waals surface area contributed by atoms with E-state index in [2.05, 4.69) is 58.3 Å². The van der Waals surface area contributed by atoms with Crippen LogP contribution in [0.1, 0.15) is 29.7 Å². The van der Waals surface area contributed by atoms with Gasteiger partial charge in [-0.15, -0.1) is 11.3 Å². The highest BCUT2D eigenvalue weighted by Gasteiger charge is 2.31. The number of likely N-dealkylation sites (N-methyl/N-ethyl adjacent to an activating group) is 1. The number of rotatable bonds is 8. The van der Waals surface area contributed by atoms with Crippen molar-refractivity contribution in [3.8, 4) is 0 Å². The molecule has 0 aliphatic carbocycles. The molecule has 1 aliphatic rings. The van der Waals surface area contributed by atoms with E-state index in [1.54, 1.807) is 11.3 Å². The molecule has 1 amide bonds. The zero-order valence-electron chi connectivity index (χ0n) is 19.6. The Labute approximate surface area is 204 Å². The lowest BCUT2D eigenvalue weighted by atomic mass is 9.84. The number of likely N-dealkylation sites (tertiary alicyclic amines) is 1. The van der Waals surface area contributed by atoms with E-state index < -0.39 is 0 Å². The first-order valence-electron chi connectivity index (χ1n) is 12.0. The predicted molar refractivity (Wildman–Crippen MR) is 136 cm³/mol. The predicted octanol–water partition coefficient (Wildman–Crippen LogP) is 4.32. The molecule has 1 aliphatic heterocycles. The van der Waals surface area contributed by atoms with Crippen LogP contribution in [-0.2, 0) is 24.2 Å². The summed E-state index contributed by atoms with van der Waals surface area (Å²) in [5.41, 5.74) is 3.46. The molecule has 3 aromatic heterocycles. The van der Waals surface area contributed by atoms with Crippen molar-refractivity contribution in [2.75, 3.05) is 20.1 Å². The number of amides is 1. The quantitative estimate of drug-likeness (QED) is 0.383. The van der Waals surface area contributed by atoms with Crippen LogP contribution in [0.2, 0.25) is 0 Å². The molecule has 6 nitrogen and oxygen atoms in total. The molecule has 0 saturated carbocycles. The number of piperidine rings is 1. The number of nitrogens with zero attached hydrogens (tertiary/aromatic N) is 5. The number of pyridine rings is 1. The number of hydrogen-bond acceptors (Lipinski definition) is 5. The minimum absolute atomic E-state index is 0.188. The average Bonchev–Trinajstić information content (AvgIpc) is 3.46. The van der Waals surface area contributed by atoms with Gasteiger partial charge in [-0.2, -0.15) is 0 Å². The average molecular weight is 474 g/mol. The molecule has 0 N–H and O–H groups in total. The molecular formula is C27H31N5OS. The normalized spacial score (nSPS) is 15.8. The highest BCUT2D eigenvalue weighted by Crippen LogP contribution is 2.28. The fourth-order valence-electron chi connectivity index (χ4n) is 5.10. The lowest BCUT2D eigenvalue weighted by molar-refractivity contribution is -0.132. The second-order valence-corrected chi connectivity index (χ2v) is 10.1. The Balaban J connectivity index is 1.23. The number of benzene rings is 1. The third-order valence-corrected chi connectivity index (χ3v) is 7.69. The Morgan fingerprint density at radius 1 is 1.15 bits per heavy atom. The van der Waals surface area contributed by atoms with Gasteiger partial charge in [0.05, 0.1) is 12.1 Å². The van der Waals surface area contributed by atoms with Crippen molar-refractivity contribution in [3.63, 3.8) is 0 Å². The van der Waals surface area contributed by atoms with Crippen LogP contribution in [0.25, 0.3) is 4.96 Å². The summed E-state index contributed by atoms with van der Waals surface area (Å²) in [7, 11) is 2.22. The minimum Gasteiger partial charge on any atom is -0.342 e. The molecule has 0 bridgehead atoms. The fraction of sp³-hybridized carbons (Fsp3) is 0.370. The van der Waals surface area contributed by atoms with Crippen LogP contribution >= 0.6 is 11.3 Å². The zero-order chi connectivity index (χ0) is 23.3. The Morgan fingerprint density at radius 2 is 1.94 bits per heavy atom. The first-order valence-corrected chi connectivity index (χ1v) is 12.9. The molecule has 176 valence electrons. The molecule has 1 aromatic carbocycles. The Bertz CT molecular complexity index is 1170. The molecule has 0 unspecified atom stereocenters. The number of fused-ring (bicyclic) bond motifs is 1. The Hall–Kier alpha value is -3.03. The number of hydrogen-bond donors (Lipinski definition) is 0. The van der Waals surface area contributed by atoms with Gasteiger partial charge in [0.2, 0.25) is 5.91 Å². The van der Waals surface area contributed by atoms with Gasteiger partial charge in [-0.25, -0.2) is 4.98 Å². The summed E-state index contributed by atoms with van der Waals surface area (Å²) in [5, 5.41) is 2.01. The van der Waals surface area contributed by atoms with E-state index in [9.17, 15) is 4.79 Å². The van der Waals surface area contributed by atoms with Crippen LogP contribution in [0.5, 0.6) is 0 Å². The third-order valence-electron chi connectivity index (χ3n) is 6.92. The highest BCUT2D eigenvalue weighted by molar-refractivity contribution is 7.15. The lowest BCUT2D eigenvalue weighted by Gasteiger charge is -2.40. The topological polar surface area (TPSA) is 53.7 Å². The van der Waals surface area contributed by atoms with Crippen molar-refractivity contribution in [2.45, 2.75) is 38.3 Å². The van der Waals surface area contributed by atoms with E-state index in [4.69, 9.17) is 0 Å². The molecule has 1 fully saturated rings. The largest absolute Gasteiger partial charge is 0.342 e. The van der Waals surface area contributed by atoms with Crippen molar-refractivity contribution in [1.82, 2.24) is 24.2 Å². The second kappa shape index (κ2) is 10.5. The maximum absolute atomic E-state index is 13.0. The number of carbonyl (C=O) groups is 1. The van der Waals surface area contributed by atoms with E-state index in [0.717, 1.165) is 49.6 Å². The van der Waals surface area contributed by atoms with Gasteiger partial charge >= 0.3 is 0 Å². The van der Waals surface area contributed by atoms with Crippen molar-refractivity contribution >= 4 is 22.2 Å². The van der Waals surface area contributed by atoms with Crippen molar-refractivity contribution < 1.29 is 4.79 Å². The Morgan fingerprint density at radius 3 is 2.68 bits per heavy atom. The van der Waals surface area contributed by atoms with Gasteiger partial charge in [-0.3, -0.25) is 19.1 Å². The van der Waals surface area contributed by atoms with Crippen LogP contribution in [-0.4, -0.2) is 56.3 Å². The van der Waals surface area contributed by atoms with Crippen molar-refractivity contribution in [2.24, 2.45) is 5.92 Å². The maximum Gasteiger partial charge on any atom is 0.228 e. The number of aromatic nitrogens is 3. The SMILES string of the molecule is CN(Cc1cccnc1)[C@@H](Cc1ccccc1)C1CCN(C(=O)Cc2cn3ccsc3n2)CC1. The number of imidazole rings is 1. The molecule has 1 saturated heterocycles. The van der Waals surface area contributed by atoms with Crippen LogP contribution in [0, 0.1) is 5.92 Å². The van der Waals surface area contributed by atoms with Gasteiger partial charge in [0.25, 0.3) is 0 Å². The molecule has 0 spiro atoms. The summed E-state index contributed by atoms with van der Waals surface area (Å²) in [6.45, 7) is 2.51. The van der Waals surface area contributed by atoms with Gasteiger partial charge in [0.15, 0.2) is 4.96 Å². The van der Waals surface area contributed by atoms with E-state index >= 15 is 0 Å². The Kier molecular flexibility index (Phi) is 7.02. The molecule has 1 atom stereocenters. The second-order valence-electron chi connectivity index (χ2n) is 9.25. The summed E-state index contributed by atoms with van der Waals surface area (Å²) in [6, 6.07) is 15.3. The monoisotopic (exact) mass is 473 g/mol. The summed E-state index contributed by atoms with van der Waals surface area (Å²) in [6.07, 6.45) is 11.2. The molecular weight excluding hydrogens is 442 g/mol. The summed E-state index contributed by atoms with van der Waals surface area (Å²) in [5.74, 6) is 0.733. The van der Waals surface area contributed by atoms with Crippen LogP contribution in [0.3, 0.4) is 0 Å². The fourth-order valence-corrected chi connectivity index (χ4v) is 5.82. The standard InChI is InChI=1S/C27H31N5OS/c1-30(19-22-8-5-11-28-18-22)25(16-21-6-3-2-4-7-21)23-9-12-31(13-10-23)26(33)17-24-20-32-14-15-34-27(32)29-24/h2-8,11,14-15,18,20,23,25H,9-10,12-13,16-17,19H2,1H3/t25-/m0/s1. The zero-order valence-corrected chi connectivity index (χ0v) is 20.4. The molecule has 5 rings (SSSR count). The number of thiazole rings is 1. The van der Waals surface area contributed by atoms with Gasteiger partial charge in [0, 0.05) is 55.8 Å². The third kappa shape index (κ3) is 5.37. The van der Waals surface area contributed by atoms with Gasteiger partial charge in [-0.05, 0) is 49.4 Å². The van der Waals surface area contributed by atoms with Crippen molar-refractivity contribution in [3.05, 3.63) is 89.5 Å². The first-order chi connectivity index (χ1) is 16.7.